The number of hydrogen-bond donors (Lipinski definition) is 3. The fourth-order valence-electron chi connectivity index (χ4n) is 4.60. The topological polar surface area (TPSA) is 83.4 Å². The van der Waals surface area contributed by atoms with Gasteiger partial charge in [0.15, 0.2) is 0 Å². The van der Waals surface area contributed by atoms with Crippen molar-refractivity contribution in [3.05, 3.63) is 36.5 Å². The van der Waals surface area contributed by atoms with Gasteiger partial charge in [-0.3, -0.25) is 9.59 Å². The van der Waals surface area contributed by atoms with Crippen molar-refractivity contribution in [2.75, 3.05) is 6.54 Å². The maximum Gasteiger partial charge on any atom is 0.300 e. The second kappa shape index (κ2) is 8.13. The first-order valence-electron chi connectivity index (χ1n) is 9.74. The molecule has 6 nitrogen and oxygen atoms in total. The van der Waals surface area contributed by atoms with E-state index in [0.717, 1.165) is 32.7 Å². The molecule has 6 heteroatoms. The summed E-state index contributed by atoms with van der Waals surface area (Å²) < 4.78 is 2.22. The summed E-state index contributed by atoms with van der Waals surface area (Å²) >= 11 is 0. The van der Waals surface area contributed by atoms with Crippen molar-refractivity contribution in [2.24, 2.45) is 5.41 Å². The van der Waals surface area contributed by atoms with Crippen LogP contribution in [0.1, 0.15) is 39.5 Å². The minimum Gasteiger partial charge on any atom is -0.481 e. The van der Waals surface area contributed by atoms with Crippen molar-refractivity contribution in [3.63, 3.8) is 0 Å². The maximum atomic E-state index is 12.8. The minimum atomic E-state index is -0.833. The van der Waals surface area contributed by atoms with Gasteiger partial charge in [0.25, 0.3) is 5.97 Å². The van der Waals surface area contributed by atoms with E-state index in [0.29, 0.717) is 18.6 Å². The molecular weight excluding hydrogens is 342 g/mol. The number of carbonyl (C=O) groups is 2. The molecule has 1 amide bonds. The molecule has 3 N–H and O–H groups in total. The number of carboxylic acid groups (broad SMARTS) is 1. The van der Waals surface area contributed by atoms with E-state index in [9.17, 15) is 4.79 Å². The van der Waals surface area contributed by atoms with Gasteiger partial charge in [0.1, 0.15) is 0 Å². The van der Waals surface area contributed by atoms with E-state index in [1.807, 2.05) is 0 Å². The van der Waals surface area contributed by atoms with E-state index in [2.05, 4.69) is 58.7 Å². The van der Waals surface area contributed by atoms with Crippen molar-refractivity contribution < 1.29 is 14.7 Å². The Bertz CT molecular complexity index is 812. The van der Waals surface area contributed by atoms with Crippen LogP contribution in [0.25, 0.3) is 10.9 Å². The zero-order valence-electron chi connectivity index (χ0n) is 16.1. The van der Waals surface area contributed by atoms with Crippen LogP contribution in [-0.2, 0) is 16.1 Å². The zero-order valence-corrected chi connectivity index (χ0v) is 16.1. The van der Waals surface area contributed by atoms with E-state index >= 15 is 0 Å². The molecule has 0 radical (unpaired) electrons. The van der Waals surface area contributed by atoms with E-state index in [4.69, 9.17) is 9.90 Å². The Morgan fingerprint density at radius 3 is 2.67 bits per heavy atom. The normalized spacial score (nSPS) is 25.9. The van der Waals surface area contributed by atoms with Crippen LogP contribution in [-0.4, -0.2) is 40.2 Å². The van der Waals surface area contributed by atoms with Crippen molar-refractivity contribution in [2.45, 2.75) is 58.2 Å². The van der Waals surface area contributed by atoms with Crippen LogP contribution in [0.5, 0.6) is 0 Å². The van der Waals surface area contributed by atoms with Crippen LogP contribution >= 0.6 is 0 Å². The predicted molar refractivity (Wildman–Crippen MR) is 106 cm³/mol. The summed E-state index contributed by atoms with van der Waals surface area (Å²) in [6.07, 6.45) is 6.42. The lowest BCUT2D eigenvalue weighted by Gasteiger charge is -2.34. The number of amides is 1. The van der Waals surface area contributed by atoms with Gasteiger partial charge < -0.3 is 20.3 Å². The van der Waals surface area contributed by atoms with Gasteiger partial charge in [-0.1, -0.05) is 25.1 Å². The molecule has 1 aromatic carbocycles. The van der Waals surface area contributed by atoms with Crippen LogP contribution in [0.2, 0.25) is 0 Å². The maximum absolute atomic E-state index is 12.8. The molecule has 1 aromatic heterocycles. The lowest BCUT2D eigenvalue weighted by molar-refractivity contribution is -0.134. The van der Waals surface area contributed by atoms with E-state index < -0.39 is 5.97 Å². The molecule has 3 atom stereocenters. The molecule has 27 heavy (non-hydrogen) atoms. The van der Waals surface area contributed by atoms with Gasteiger partial charge in [-0.05, 0) is 43.2 Å². The highest BCUT2D eigenvalue weighted by atomic mass is 16.4. The summed E-state index contributed by atoms with van der Waals surface area (Å²) in [7, 11) is 0. The number of nitrogens with zero attached hydrogens (tertiary/aromatic N) is 1. The van der Waals surface area contributed by atoms with Crippen LogP contribution in [0.4, 0.5) is 0 Å². The minimum absolute atomic E-state index is 0.179. The molecule has 146 valence electrons. The third-order valence-electron chi connectivity index (χ3n) is 5.92. The molecule has 0 saturated carbocycles. The summed E-state index contributed by atoms with van der Waals surface area (Å²) in [5, 5.41) is 15.5. The molecule has 0 spiro atoms. The Labute approximate surface area is 159 Å². The van der Waals surface area contributed by atoms with Crippen molar-refractivity contribution >= 4 is 22.8 Å². The lowest BCUT2D eigenvalue weighted by atomic mass is 9.71. The van der Waals surface area contributed by atoms with Gasteiger partial charge in [0.2, 0.25) is 5.91 Å². The van der Waals surface area contributed by atoms with Gasteiger partial charge in [0.05, 0.1) is 5.41 Å². The Hall–Kier alpha value is -2.34. The summed E-state index contributed by atoms with van der Waals surface area (Å²) in [6, 6.07) is 11.4. The van der Waals surface area contributed by atoms with Gasteiger partial charge in [-0.25, -0.2) is 0 Å². The van der Waals surface area contributed by atoms with Crippen LogP contribution in [0.3, 0.4) is 0 Å². The average molecular weight is 371 g/mol. The molecule has 0 aliphatic carbocycles. The Morgan fingerprint density at radius 2 is 2.04 bits per heavy atom. The lowest BCUT2D eigenvalue weighted by Crippen LogP contribution is -2.48. The summed E-state index contributed by atoms with van der Waals surface area (Å²) in [5.74, 6) is -0.587. The fourth-order valence-corrected chi connectivity index (χ4v) is 4.60. The SMILES string of the molecule is CC(=O)O.CC[C@@]1(C(=O)NCCn2ccc3ccccc32)C[C@@H]2CC[C@H]1N2. The quantitative estimate of drug-likeness (QED) is 0.755. The van der Waals surface area contributed by atoms with E-state index in [1.165, 1.54) is 17.3 Å². The highest BCUT2D eigenvalue weighted by Crippen LogP contribution is 2.45. The van der Waals surface area contributed by atoms with E-state index in [1.54, 1.807) is 0 Å². The van der Waals surface area contributed by atoms with Crippen molar-refractivity contribution in [3.8, 4) is 0 Å². The van der Waals surface area contributed by atoms with Crippen molar-refractivity contribution in [1.29, 1.82) is 0 Å². The Balaban J connectivity index is 0.000000481. The number of para-hydroxylation sites is 1. The molecular formula is C21H29N3O3. The molecule has 2 saturated heterocycles. The molecule has 3 heterocycles. The average Bonchev–Trinajstić information content (AvgIpc) is 3.35. The zero-order chi connectivity index (χ0) is 19.4. The number of hydrogen-bond acceptors (Lipinski definition) is 3. The smallest absolute Gasteiger partial charge is 0.300 e. The number of aromatic nitrogens is 1. The number of benzene rings is 1. The van der Waals surface area contributed by atoms with Crippen LogP contribution in [0, 0.1) is 5.41 Å². The van der Waals surface area contributed by atoms with Crippen LogP contribution < -0.4 is 10.6 Å². The Kier molecular flexibility index (Phi) is 5.85. The van der Waals surface area contributed by atoms with Gasteiger partial charge >= 0.3 is 0 Å². The summed E-state index contributed by atoms with van der Waals surface area (Å²) in [5.41, 5.74) is 1.05. The Morgan fingerprint density at radius 1 is 1.30 bits per heavy atom. The summed E-state index contributed by atoms with van der Waals surface area (Å²) in [4.78, 5) is 21.8. The molecule has 0 unspecified atom stereocenters. The fraction of sp³-hybridized carbons (Fsp3) is 0.524. The second-order valence-electron chi connectivity index (χ2n) is 7.55. The predicted octanol–water partition coefficient (Wildman–Crippen LogP) is 2.77. The van der Waals surface area contributed by atoms with Gasteiger partial charge in [0, 0.05) is 43.8 Å². The van der Waals surface area contributed by atoms with Gasteiger partial charge in [-0.15, -0.1) is 0 Å². The standard InChI is InChI=1S/C19H25N3O.C2H4O2/c1-2-19(13-15-7-8-17(19)21-15)18(23)20-10-12-22-11-9-14-5-3-4-6-16(14)22;1-2(3)4/h3-6,9,11,15,17,21H,2,7-8,10,12-13H2,1H3,(H,20,23);1H3,(H,3,4)/t15-,17+,19+;/m0./s1. The highest BCUT2D eigenvalue weighted by molar-refractivity contribution is 5.84. The number of nitrogens with one attached hydrogen (secondary N) is 2. The first-order valence-corrected chi connectivity index (χ1v) is 9.74. The largest absolute Gasteiger partial charge is 0.481 e. The number of aliphatic carboxylic acids is 1. The van der Waals surface area contributed by atoms with Crippen LogP contribution in [0.15, 0.2) is 36.5 Å². The number of fused-ring (bicyclic) bond motifs is 3. The third-order valence-corrected chi connectivity index (χ3v) is 5.92. The molecule has 4 rings (SSSR count). The molecule has 2 aliphatic rings. The molecule has 2 aromatic rings. The molecule has 2 aliphatic heterocycles. The van der Waals surface area contributed by atoms with Gasteiger partial charge in [-0.2, -0.15) is 0 Å². The first kappa shape index (κ1) is 19.4. The monoisotopic (exact) mass is 371 g/mol. The number of carbonyl (C=O) groups excluding carboxylic acids is 1. The summed E-state index contributed by atoms with van der Waals surface area (Å²) in [6.45, 7) is 4.75. The first-order chi connectivity index (χ1) is 13.0. The molecule has 2 bridgehead atoms. The molecule has 2 fully saturated rings. The van der Waals surface area contributed by atoms with E-state index in [-0.39, 0.29) is 11.3 Å². The van der Waals surface area contributed by atoms with Crippen molar-refractivity contribution in [1.82, 2.24) is 15.2 Å². The highest BCUT2D eigenvalue weighted by Gasteiger charge is 2.54. The number of carboxylic acids is 1. The third kappa shape index (κ3) is 4.00. The number of rotatable bonds is 5. The second-order valence-corrected chi connectivity index (χ2v) is 7.55.